The van der Waals surface area contributed by atoms with E-state index in [1.165, 1.54) is 69.9 Å². The third kappa shape index (κ3) is 6.62. The predicted octanol–water partition coefficient (Wildman–Crippen LogP) is 7.88. The fourth-order valence-electron chi connectivity index (χ4n) is 5.31. The summed E-state index contributed by atoms with van der Waals surface area (Å²) in [6, 6.07) is 6.35. The van der Waals surface area contributed by atoms with Gasteiger partial charge in [0, 0.05) is 0 Å². The van der Waals surface area contributed by atoms with Crippen molar-refractivity contribution in [1.29, 1.82) is 0 Å². The third-order valence-electron chi connectivity index (χ3n) is 7.29. The average Bonchev–Trinajstić information content (AvgIpc) is 2.73. The zero-order valence-electron chi connectivity index (χ0n) is 17.4. The molecule has 1 unspecified atom stereocenters. The molecule has 1 aromatic carbocycles. The van der Waals surface area contributed by atoms with E-state index in [9.17, 15) is 17.6 Å². The first kappa shape index (κ1) is 22.4. The Kier molecular flexibility index (Phi) is 7.86. The Labute approximate surface area is 172 Å². The molecule has 2 aliphatic carbocycles. The van der Waals surface area contributed by atoms with Crippen LogP contribution >= 0.6 is 0 Å². The highest BCUT2D eigenvalue weighted by Crippen LogP contribution is 2.42. The largest absolute Gasteiger partial charge is 0.457 e. The first-order valence-electron chi connectivity index (χ1n) is 11.3. The predicted molar refractivity (Wildman–Crippen MR) is 108 cm³/mol. The molecule has 0 radical (unpaired) electrons. The lowest BCUT2D eigenvalue weighted by molar-refractivity contribution is -0.236. The highest BCUT2D eigenvalue weighted by Gasteiger charge is 2.42. The number of benzene rings is 1. The quantitative estimate of drug-likeness (QED) is 0.412. The van der Waals surface area contributed by atoms with Gasteiger partial charge in [0.25, 0.3) is 0 Å². The Bertz CT molecular complexity index is 596. The summed E-state index contributed by atoms with van der Waals surface area (Å²) in [5.41, 5.74) is 1.07. The van der Waals surface area contributed by atoms with Crippen LogP contribution in [0.15, 0.2) is 24.3 Å². The summed E-state index contributed by atoms with van der Waals surface area (Å²) in [5.74, 6) is 3.49. The molecule has 0 saturated heterocycles. The summed E-state index contributed by atoms with van der Waals surface area (Å²) in [4.78, 5) is 0. The van der Waals surface area contributed by atoms with Gasteiger partial charge < -0.3 is 4.74 Å². The third-order valence-corrected chi connectivity index (χ3v) is 7.29. The second kappa shape index (κ2) is 10.2. The van der Waals surface area contributed by atoms with Crippen LogP contribution in [0.25, 0.3) is 0 Å². The zero-order valence-corrected chi connectivity index (χ0v) is 17.4. The van der Waals surface area contributed by atoms with Crippen LogP contribution in [0.1, 0.15) is 76.7 Å². The number of halogens is 4. The second-order valence-electron chi connectivity index (χ2n) is 9.13. The molecule has 0 bridgehead atoms. The number of hydrogen-bond donors (Lipinski definition) is 0. The van der Waals surface area contributed by atoms with Crippen molar-refractivity contribution < 1.29 is 22.3 Å². The van der Waals surface area contributed by atoms with Gasteiger partial charge in [0.1, 0.15) is 5.75 Å². The molecule has 2 fully saturated rings. The maximum absolute atomic E-state index is 12.9. The molecule has 5 heteroatoms. The summed E-state index contributed by atoms with van der Waals surface area (Å²) in [6.45, 7) is 2.32. The molecule has 2 aliphatic rings. The Hall–Kier alpha value is -1.26. The Morgan fingerprint density at radius 1 is 0.862 bits per heavy atom. The van der Waals surface area contributed by atoms with E-state index in [1.54, 1.807) is 12.1 Å². The standard InChI is InChI=1S/C24H34F4O/c1-2-17-5-11-20(12-6-17)21-13-7-18(8-14-21)3-4-19-9-15-22(16-10-19)29-23(25)24(26,27)28/h9-10,15-18,20-21,23H,2-8,11-14H2,1H3. The molecule has 0 heterocycles. The first-order valence-corrected chi connectivity index (χ1v) is 11.3. The van der Waals surface area contributed by atoms with E-state index in [2.05, 4.69) is 11.7 Å². The first-order chi connectivity index (χ1) is 13.8. The van der Waals surface area contributed by atoms with E-state index < -0.39 is 12.5 Å². The van der Waals surface area contributed by atoms with Crippen LogP contribution in [0.5, 0.6) is 5.75 Å². The molecule has 0 N–H and O–H groups in total. The van der Waals surface area contributed by atoms with Gasteiger partial charge >= 0.3 is 12.5 Å². The van der Waals surface area contributed by atoms with Crippen molar-refractivity contribution in [2.45, 2.75) is 90.1 Å². The fourth-order valence-corrected chi connectivity index (χ4v) is 5.31. The molecule has 1 nitrogen and oxygen atoms in total. The van der Waals surface area contributed by atoms with Gasteiger partial charge in [-0.1, -0.05) is 51.2 Å². The van der Waals surface area contributed by atoms with Crippen molar-refractivity contribution in [2.75, 3.05) is 0 Å². The lowest BCUT2D eigenvalue weighted by atomic mass is 9.68. The maximum Gasteiger partial charge on any atom is 0.457 e. The smallest absolute Gasteiger partial charge is 0.452 e. The van der Waals surface area contributed by atoms with E-state index >= 15 is 0 Å². The number of rotatable bonds is 7. The highest BCUT2D eigenvalue weighted by molar-refractivity contribution is 5.27. The fraction of sp³-hybridized carbons (Fsp3) is 0.750. The van der Waals surface area contributed by atoms with Crippen LogP contribution in [-0.2, 0) is 6.42 Å². The molecule has 1 aromatic rings. The molecular weight excluding hydrogens is 380 g/mol. The van der Waals surface area contributed by atoms with Gasteiger partial charge in [-0.2, -0.15) is 17.6 Å². The highest BCUT2D eigenvalue weighted by atomic mass is 19.4. The van der Waals surface area contributed by atoms with E-state index in [4.69, 9.17) is 0 Å². The van der Waals surface area contributed by atoms with Gasteiger partial charge in [-0.25, -0.2) is 0 Å². The number of alkyl halides is 4. The molecule has 164 valence electrons. The Balaban J connectivity index is 1.37. The van der Waals surface area contributed by atoms with Gasteiger partial charge in [-0.3, -0.25) is 0 Å². The van der Waals surface area contributed by atoms with Crippen LogP contribution < -0.4 is 4.74 Å². The molecule has 3 rings (SSSR count). The molecule has 0 aliphatic heterocycles. The van der Waals surface area contributed by atoms with Crippen LogP contribution in [0, 0.1) is 23.7 Å². The van der Waals surface area contributed by atoms with Crippen molar-refractivity contribution in [3.63, 3.8) is 0 Å². The normalized spacial score (nSPS) is 29.4. The van der Waals surface area contributed by atoms with E-state index in [-0.39, 0.29) is 5.75 Å². The maximum atomic E-state index is 12.9. The van der Waals surface area contributed by atoms with Crippen molar-refractivity contribution in [1.82, 2.24) is 0 Å². The Morgan fingerprint density at radius 3 is 1.86 bits per heavy atom. The zero-order chi connectivity index (χ0) is 20.9. The topological polar surface area (TPSA) is 9.23 Å². The molecule has 0 amide bonds. The summed E-state index contributed by atoms with van der Waals surface area (Å²) in [7, 11) is 0. The minimum Gasteiger partial charge on any atom is -0.452 e. The molecule has 0 spiro atoms. The van der Waals surface area contributed by atoms with Crippen molar-refractivity contribution in [3.8, 4) is 5.75 Å². The molecule has 2 saturated carbocycles. The van der Waals surface area contributed by atoms with Gasteiger partial charge in [-0.15, -0.1) is 0 Å². The van der Waals surface area contributed by atoms with Crippen molar-refractivity contribution in [2.24, 2.45) is 23.7 Å². The van der Waals surface area contributed by atoms with Crippen molar-refractivity contribution in [3.05, 3.63) is 29.8 Å². The van der Waals surface area contributed by atoms with Crippen LogP contribution in [0.4, 0.5) is 17.6 Å². The summed E-state index contributed by atoms with van der Waals surface area (Å²) < 4.78 is 53.9. The van der Waals surface area contributed by atoms with Gasteiger partial charge in [0.15, 0.2) is 0 Å². The summed E-state index contributed by atoms with van der Waals surface area (Å²) >= 11 is 0. The minimum absolute atomic E-state index is 0.0862. The van der Waals surface area contributed by atoms with E-state index in [1.807, 2.05) is 0 Å². The Morgan fingerprint density at radius 2 is 1.38 bits per heavy atom. The number of hydrogen-bond acceptors (Lipinski definition) is 1. The van der Waals surface area contributed by atoms with Crippen LogP contribution in [-0.4, -0.2) is 12.5 Å². The molecular formula is C24H34F4O. The average molecular weight is 415 g/mol. The van der Waals surface area contributed by atoms with Crippen LogP contribution in [0.3, 0.4) is 0 Å². The van der Waals surface area contributed by atoms with Gasteiger partial charge in [0.2, 0.25) is 0 Å². The van der Waals surface area contributed by atoms with Crippen molar-refractivity contribution >= 4 is 0 Å². The lowest BCUT2D eigenvalue weighted by Gasteiger charge is -2.37. The SMILES string of the molecule is CCC1CCC(C2CCC(CCc3ccc(OC(F)C(F)(F)F)cc3)CC2)CC1. The van der Waals surface area contributed by atoms with E-state index in [0.717, 1.165) is 42.1 Å². The monoisotopic (exact) mass is 414 g/mol. The van der Waals surface area contributed by atoms with Gasteiger partial charge in [-0.05, 0) is 79.9 Å². The minimum atomic E-state index is -4.99. The van der Waals surface area contributed by atoms with Gasteiger partial charge in [0.05, 0.1) is 0 Å². The lowest BCUT2D eigenvalue weighted by Crippen LogP contribution is -2.29. The number of aryl methyl sites for hydroxylation is 1. The second-order valence-corrected chi connectivity index (χ2v) is 9.13. The number of ether oxygens (including phenoxy) is 1. The van der Waals surface area contributed by atoms with E-state index in [0.29, 0.717) is 0 Å². The molecule has 29 heavy (non-hydrogen) atoms. The summed E-state index contributed by atoms with van der Waals surface area (Å²) in [5, 5.41) is 0. The molecule has 1 atom stereocenters. The van der Waals surface area contributed by atoms with Crippen LogP contribution in [0.2, 0.25) is 0 Å². The summed E-state index contributed by atoms with van der Waals surface area (Å²) in [6.07, 6.45) is 6.11. The molecule has 0 aromatic heterocycles.